The molecule has 0 saturated carbocycles. The zero-order chi connectivity index (χ0) is 11.5. The van der Waals surface area contributed by atoms with Crippen molar-refractivity contribution in [3.63, 3.8) is 0 Å². The fourth-order valence-corrected chi connectivity index (χ4v) is 2.41. The highest BCUT2D eigenvalue weighted by Gasteiger charge is 2.25. The quantitative estimate of drug-likeness (QED) is 0.877. The van der Waals surface area contributed by atoms with Gasteiger partial charge in [-0.25, -0.2) is 0 Å². The van der Waals surface area contributed by atoms with E-state index in [9.17, 15) is 5.11 Å². The number of benzene rings is 1. The standard InChI is InChI=1S/C13H18ClNO/c1-10(15-8-2-3-9-15)13(16)11-4-6-12(14)7-5-11/h4-7,10,13,16H,2-3,8-9H2,1H3/t10-,13+/m0/s1. The van der Waals surface area contributed by atoms with Crippen molar-refractivity contribution in [1.82, 2.24) is 4.90 Å². The number of rotatable bonds is 3. The molecule has 16 heavy (non-hydrogen) atoms. The van der Waals surface area contributed by atoms with Crippen LogP contribution in [0.1, 0.15) is 31.4 Å². The second kappa shape index (κ2) is 5.17. The Morgan fingerprint density at radius 1 is 1.19 bits per heavy atom. The highest BCUT2D eigenvalue weighted by molar-refractivity contribution is 6.30. The van der Waals surface area contributed by atoms with E-state index in [-0.39, 0.29) is 6.04 Å². The summed E-state index contributed by atoms with van der Waals surface area (Å²) in [5.41, 5.74) is 0.948. The van der Waals surface area contributed by atoms with E-state index in [0.717, 1.165) is 18.7 Å². The molecule has 1 aliphatic heterocycles. The lowest BCUT2D eigenvalue weighted by molar-refractivity contribution is 0.0716. The summed E-state index contributed by atoms with van der Waals surface area (Å²) in [4.78, 5) is 2.35. The topological polar surface area (TPSA) is 23.5 Å². The molecule has 0 bridgehead atoms. The molecule has 0 aliphatic carbocycles. The molecule has 1 heterocycles. The average Bonchev–Trinajstić information content (AvgIpc) is 2.81. The molecular weight excluding hydrogens is 222 g/mol. The highest BCUT2D eigenvalue weighted by Crippen LogP contribution is 2.24. The van der Waals surface area contributed by atoms with E-state index in [2.05, 4.69) is 11.8 Å². The number of hydrogen-bond donors (Lipinski definition) is 1. The second-order valence-electron chi connectivity index (χ2n) is 4.48. The lowest BCUT2D eigenvalue weighted by Gasteiger charge is -2.28. The number of aliphatic hydroxyl groups is 1. The minimum absolute atomic E-state index is 0.184. The molecule has 2 nitrogen and oxygen atoms in total. The summed E-state index contributed by atoms with van der Waals surface area (Å²) in [6.07, 6.45) is 2.07. The number of halogens is 1. The van der Waals surface area contributed by atoms with E-state index in [1.165, 1.54) is 12.8 Å². The van der Waals surface area contributed by atoms with E-state index in [0.29, 0.717) is 5.02 Å². The number of aliphatic hydroxyl groups excluding tert-OH is 1. The Bertz CT molecular complexity index is 332. The van der Waals surface area contributed by atoms with Crippen molar-refractivity contribution in [2.24, 2.45) is 0 Å². The Morgan fingerprint density at radius 3 is 2.31 bits per heavy atom. The minimum atomic E-state index is -0.421. The van der Waals surface area contributed by atoms with Crippen LogP contribution in [0.4, 0.5) is 0 Å². The monoisotopic (exact) mass is 239 g/mol. The van der Waals surface area contributed by atoms with Crippen LogP contribution >= 0.6 is 11.6 Å². The van der Waals surface area contributed by atoms with Crippen molar-refractivity contribution in [1.29, 1.82) is 0 Å². The van der Waals surface area contributed by atoms with Crippen LogP contribution in [0, 0.1) is 0 Å². The van der Waals surface area contributed by atoms with Crippen LogP contribution in [-0.4, -0.2) is 29.1 Å². The summed E-state index contributed by atoms with van der Waals surface area (Å²) in [6.45, 7) is 4.29. The zero-order valence-corrected chi connectivity index (χ0v) is 10.3. The Kier molecular flexibility index (Phi) is 3.85. The SMILES string of the molecule is C[C@@H]([C@@H](O)c1ccc(Cl)cc1)N1CCCC1. The third-order valence-corrected chi connectivity index (χ3v) is 3.64. The smallest absolute Gasteiger partial charge is 0.0942 e. The highest BCUT2D eigenvalue weighted by atomic mass is 35.5. The van der Waals surface area contributed by atoms with Gasteiger partial charge in [0.05, 0.1) is 6.10 Å². The Balaban J connectivity index is 2.05. The molecule has 0 unspecified atom stereocenters. The van der Waals surface area contributed by atoms with Crippen molar-refractivity contribution < 1.29 is 5.11 Å². The van der Waals surface area contributed by atoms with Gasteiger partial charge in [-0.2, -0.15) is 0 Å². The summed E-state index contributed by atoms with van der Waals surface area (Å²) in [6, 6.07) is 7.65. The number of likely N-dealkylation sites (tertiary alicyclic amines) is 1. The largest absolute Gasteiger partial charge is 0.387 e. The molecule has 0 spiro atoms. The zero-order valence-electron chi connectivity index (χ0n) is 9.56. The first kappa shape index (κ1) is 11.9. The van der Waals surface area contributed by atoms with Crippen LogP contribution in [0.15, 0.2) is 24.3 Å². The Morgan fingerprint density at radius 2 is 1.75 bits per heavy atom. The number of hydrogen-bond acceptors (Lipinski definition) is 2. The Hall–Kier alpha value is -0.570. The van der Waals surface area contributed by atoms with E-state index in [1.807, 2.05) is 24.3 Å². The van der Waals surface area contributed by atoms with E-state index in [1.54, 1.807) is 0 Å². The van der Waals surface area contributed by atoms with Crippen LogP contribution in [0.25, 0.3) is 0 Å². The maximum absolute atomic E-state index is 10.3. The molecule has 1 N–H and O–H groups in total. The van der Waals surface area contributed by atoms with Crippen LogP contribution in [-0.2, 0) is 0 Å². The van der Waals surface area contributed by atoms with Crippen LogP contribution < -0.4 is 0 Å². The van der Waals surface area contributed by atoms with E-state index in [4.69, 9.17) is 11.6 Å². The molecule has 1 fully saturated rings. The van der Waals surface area contributed by atoms with Gasteiger partial charge in [0.2, 0.25) is 0 Å². The Labute approximate surface area is 102 Å². The van der Waals surface area contributed by atoms with Gasteiger partial charge in [-0.15, -0.1) is 0 Å². The fraction of sp³-hybridized carbons (Fsp3) is 0.538. The van der Waals surface area contributed by atoms with Crippen LogP contribution in [0.5, 0.6) is 0 Å². The van der Waals surface area contributed by atoms with Gasteiger partial charge in [0.25, 0.3) is 0 Å². The maximum Gasteiger partial charge on any atom is 0.0942 e. The summed E-state index contributed by atoms with van der Waals surface area (Å²) in [5.74, 6) is 0. The van der Waals surface area contributed by atoms with E-state index >= 15 is 0 Å². The molecule has 88 valence electrons. The first-order valence-corrected chi connectivity index (χ1v) is 6.24. The van der Waals surface area contributed by atoms with Crippen molar-refractivity contribution in [3.8, 4) is 0 Å². The predicted molar refractivity (Wildman–Crippen MR) is 66.7 cm³/mol. The maximum atomic E-state index is 10.3. The van der Waals surface area contributed by atoms with Gasteiger partial charge in [-0.1, -0.05) is 23.7 Å². The number of nitrogens with zero attached hydrogens (tertiary/aromatic N) is 1. The molecule has 1 aliphatic rings. The van der Waals surface area contributed by atoms with Crippen molar-refractivity contribution in [2.45, 2.75) is 31.9 Å². The molecule has 0 amide bonds. The molecule has 1 aromatic carbocycles. The lowest BCUT2D eigenvalue weighted by atomic mass is 10.0. The van der Waals surface area contributed by atoms with Crippen molar-refractivity contribution in [3.05, 3.63) is 34.9 Å². The third kappa shape index (κ3) is 2.57. The summed E-state index contributed by atoms with van der Waals surface area (Å²) < 4.78 is 0. The molecule has 2 atom stereocenters. The molecule has 3 heteroatoms. The van der Waals surface area contributed by atoms with Gasteiger partial charge in [-0.05, 0) is 50.6 Å². The van der Waals surface area contributed by atoms with E-state index < -0.39 is 6.10 Å². The summed E-state index contributed by atoms with van der Waals surface area (Å²) in [7, 11) is 0. The van der Waals surface area contributed by atoms with Gasteiger partial charge in [0.1, 0.15) is 0 Å². The molecule has 2 rings (SSSR count). The van der Waals surface area contributed by atoms with Gasteiger partial charge in [0.15, 0.2) is 0 Å². The molecule has 1 aromatic rings. The first-order valence-electron chi connectivity index (χ1n) is 5.86. The third-order valence-electron chi connectivity index (χ3n) is 3.39. The fourth-order valence-electron chi connectivity index (χ4n) is 2.29. The molecule has 0 aromatic heterocycles. The van der Waals surface area contributed by atoms with Gasteiger partial charge < -0.3 is 5.11 Å². The molecule has 1 saturated heterocycles. The summed E-state index contributed by atoms with van der Waals surface area (Å²) >= 11 is 5.83. The van der Waals surface area contributed by atoms with Gasteiger partial charge >= 0.3 is 0 Å². The molecule has 0 radical (unpaired) electrons. The van der Waals surface area contributed by atoms with Crippen molar-refractivity contribution in [2.75, 3.05) is 13.1 Å². The average molecular weight is 240 g/mol. The van der Waals surface area contributed by atoms with Crippen LogP contribution in [0.3, 0.4) is 0 Å². The normalized spacial score (nSPS) is 20.9. The predicted octanol–water partition coefficient (Wildman–Crippen LogP) is 2.86. The van der Waals surface area contributed by atoms with Crippen molar-refractivity contribution >= 4 is 11.6 Å². The second-order valence-corrected chi connectivity index (χ2v) is 4.92. The van der Waals surface area contributed by atoms with Crippen LogP contribution in [0.2, 0.25) is 5.02 Å². The van der Waals surface area contributed by atoms with Gasteiger partial charge in [-0.3, -0.25) is 4.90 Å². The van der Waals surface area contributed by atoms with Gasteiger partial charge in [0, 0.05) is 11.1 Å². The molecular formula is C13H18ClNO. The lowest BCUT2D eigenvalue weighted by Crippen LogP contribution is -2.35. The first-order chi connectivity index (χ1) is 7.68. The minimum Gasteiger partial charge on any atom is -0.387 e. The summed E-state index contributed by atoms with van der Waals surface area (Å²) in [5, 5.41) is 11.0.